The Bertz CT molecular complexity index is 575. The molecule has 0 radical (unpaired) electrons. The first kappa shape index (κ1) is 16.9. The molecule has 0 aliphatic heterocycles. The lowest BCUT2D eigenvalue weighted by Gasteiger charge is -2.10. The maximum Gasteiger partial charge on any atom is 0.131 e. The van der Waals surface area contributed by atoms with E-state index in [1.165, 1.54) is 0 Å². The molecule has 1 heterocycles. The lowest BCUT2D eigenvalue weighted by atomic mass is 10.3. The summed E-state index contributed by atoms with van der Waals surface area (Å²) in [5.74, 6) is 3.26. The zero-order chi connectivity index (χ0) is 16.3. The number of ether oxygens (including phenoxy) is 2. The number of benzene rings is 1. The van der Waals surface area contributed by atoms with Crippen LogP contribution in [0, 0.1) is 0 Å². The molecule has 2 rings (SSSR count). The monoisotopic (exact) mass is 316 g/mol. The normalized spacial score (nSPS) is 10.2. The van der Waals surface area contributed by atoms with Gasteiger partial charge in [-0.15, -0.1) is 0 Å². The summed E-state index contributed by atoms with van der Waals surface area (Å²) in [7, 11) is 1.65. The first-order valence-electron chi connectivity index (χ1n) is 7.88. The molecule has 6 nitrogen and oxygen atoms in total. The second-order valence-corrected chi connectivity index (χ2v) is 5.02. The van der Waals surface area contributed by atoms with Gasteiger partial charge in [-0.05, 0) is 30.7 Å². The summed E-state index contributed by atoms with van der Waals surface area (Å²) in [6, 6.07) is 9.43. The van der Waals surface area contributed by atoms with Gasteiger partial charge in [-0.1, -0.05) is 13.3 Å². The molecule has 1 aromatic carbocycles. The van der Waals surface area contributed by atoms with Crippen LogP contribution in [0.2, 0.25) is 0 Å². The molecule has 0 atom stereocenters. The van der Waals surface area contributed by atoms with Gasteiger partial charge in [0.15, 0.2) is 0 Å². The number of aromatic nitrogens is 2. The third kappa shape index (κ3) is 6.02. The number of nitrogens with zero attached hydrogens (tertiary/aromatic N) is 2. The Hall–Kier alpha value is -2.50. The summed E-state index contributed by atoms with van der Waals surface area (Å²) in [6.45, 7) is 4.30. The average Bonchev–Trinajstić information content (AvgIpc) is 2.60. The van der Waals surface area contributed by atoms with Crippen LogP contribution in [0.5, 0.6) is 11.5 Å². The van der Waals surface area contributed by atoms with Gasteiger partial charge in [0.05, 0.1) is 13.7 Å². The summed E-state index contributed by atoms with van der Waals surface area (Å²) in [5, 5.41) is 6.51. The molecule has 0 fully saturated rings. The summed E-state index contributed by atoms with van der Waals surface area (Å²) < 4.78 is 10.8. The Morgan fingerprint density at radius 3 is 2.26 bits per heavy atom. The minimum absolute atomic E-state index is 0.551. The molecule has 0 bridgehead atoms. The fourth-order valence-corrected chi connectivity index (χ4v) is 1.96. The highest BCUT2D eigenvalue weighted by Crippen LogP contribution is 2.16. The standard InChI is InChI=1S/C17H24N4O2/c1-3-4-9-18-16-12-17(21-13-20-16)19-10-11-23-15-7-5-14(22-2)6-8-15/h5-8,12-13H,3-4,9-11H2,1-2H3,(H2,18,19,20,21). The Balaban J connectivity index is 1.71. The topological polar surface area (TPSA) is 68.3 Å². The molecule has 0 aliphatic carbocycles. The van der Waals surface area contributed by atoms with Crippen molar-refractivity contribution in [2.75, 3.05) is 37.4 Å². The van der Waals surface area contributed by atoms with Gasteiger partial charge >= 0.3 is 0 Å². The molecular formula is C17H24N4O2. The second-order valence-electron chi connectivity index (χ2n) is 5.02. The molecule has 0 unspecified atom stereocenters. The van der Waals surface area contributed by atoms with Gasteiger partial charge in [0.1, 0.15) is 36.1 Å². The SMILES string of the molecule is CCCCNc1cc(NCCOc2ccc(OC)cc2)ncn1. The molecule has 6 heteroatoms. The smallest absolute Gasteiger partial charge is 0.131 e. The highest BCUT2D eigenvalue weighted by atomic mass is 16.5. The largest absolute Gasteiger partial charge is 0.497 e. The van der Waals surface area contributed by atoms with Crippen molar-refractivity contribution >= 4 is 11.6 Å². The minimum Gasteiger partial charge on any atom is -0.497 e. The van der Waals surface area contributed by atoms with Gasteiger partial charge in [-0.3, -0.25) is 0 Å². The molecule has 0 aliphatic rings. The Kier molecular flexibility index (Phi) is 6.97. The van der Waals surface area contributed by atoms with Crippen molar-refractivity contribution < 1.29 is 9.47 Å². The van der Waals surface area contributed by atoms with E-state index in [1.807, 2.05) is 30.3 Å². The maximum absolute atomic E-state index is 5.66. The summed E-state index contributed by atoms with van der Waals surface area (Å²) in [5.41, 5.74) is 0. The van der Waals surface area contributed by atoms with Gasteiger partial charge < -0.3 is 20.1 Å². The van der Waals surface area contributed by atoms with Crippen LogP contribution in [0.3, 0.4) is 0 Å². The van der Waals surface area contributed by atoms with Crippen molar-refractivity contribution in [1.29, 1.82) is 0 Å². The van der Waals surface area contributed by atoms with E-state index in [2.05, 4.69) is 27.5 Å². The van der Waals surface area contributed by atoms with Crippen molar-refractivity contribution in [2.24, 2.45) is 0 Å². The zero-order valence-electron chi connectivity index (χ0n) is 13.7. The third-order valence-corrected chi connectivity index (χ3v) is 3.24. The highest BCUT2D eigenvalue weighted by molar-refractivity contribution is 5.46. The van der Waals surface area contributed by atoms with Crippen LogP contribution < -0.4 is 20.1 Å². The number of methoxy groups -OCH3 is 1. The number of nitrogens with one attached hydrogen (secondary N) is 2. The zero-order valence-corrected chi connectivity index (χ0v) is 13.7. The van der Waals surface area contributed by atoms with E-state index in [-0.39, 0.29) is 0 Å². The van der Waals surface area contributed by atoms with E-state index in [0.717, 1.165) is 42.5 Å². The van der Waals surface area contributed by atoms with Crippen LogP contribution in [0.1, 0.15) is 19.8 Å². The molecule has 1 aromatic heterocycles. The summed E-state index contributed by atoms with van der Waals surface area (Å²) in [6.07, 6.45) is 3.84. The fourth-order valence-electron chi connectivity index (χ4n) is 1.96. The first-order valence-corrected chi connectivity index (χ1v) is 7.88. The number of rotatable bonds is 10. The lowest BCUT2D eigenvalue weighted by Crippen LogP contribution is -2.13. The summed E-state index contributed by atoms with van der Waals surface area (Å²) >= 11 is 0. The van der Waals surface area contributed by atoms with Gasteiger partial charge in [-0.25, -0.2) is 9.97 Å². The second kappa shape index (κ2) is 9.50. The predicted octanol–water partition coefficient (Wildman–Crippen LogP) is 3.19. The van der Waals surface area contributed by atoms with E-state index in [1.54, 1.807) is 13.4 Å². The number of hydrogen-bond donors (Lipinski definition) is 2. The fraction of sp³-hybridized carbons (Fsp3) is 0.412. The van der Waals surface area contributed by atoms with Gasteiger partial charge in [0.2, 0.25) is 0 Å². The molecule has 0 spiro atoms. The minimum atomic E-state index is 0.551. The van der Waals surface area contributed by atoms with Crippen LogP contribution in [0.15, 0.2) is 36.7 Å². The van der Waals surface area contributed by atoms with Crippen molar-refractivity contribution in [3.8, 4) is 11.5 Å². The van der Waals surface area contributed by atoms with Crippen molar-refractivity contribution in [1.82, 2.24) is 9.97 Å². The predicted molar refractivity (Wildman–Crippen MR) is 92.4 cm³/mol. The van der Waals surface area contributed by atoms with E-state index >= 15 is 0 Å². The number of hydrogen-bond acceptors (Lipinski definition) is 6. The van der Waals surface area contributed by atoms with Crippen LogP contribution in [0.4, 0.5) is 11.6 Å². The Morgan fingerprint density at radius 1 is 0.957 bits per heavy atom. The molecule has 23 heavy (non-hydrogen) atoms. The lowest BCUT2D eigenvalue weighted by molar-refractivity contribution is 0.331. The number of unbranched alkanes of at least 4 members (excludes halogenated alkanes) is 1. The van der Waals surface area contributed by atoms with E-state index < -0.39 is 0 Å². The van der Waals surface area contributed by atoms with Crippen molar-refractivity contribution in [2.45, 2.75) is 19.8 Å². The van der Waals surface area contributed by atoms with Crippen molar-refractivity contribution in [3.63, 3.8) is 0 Å². The van der Waals surface area contributed by atoms with Crippen LogP contribution >= 0.6 is 0 Å². The molecule has 0 amide bonds. The molecule has 124 valence electrons. The first-order chi connectivity index (χ1) is 11.3. The molecule has 0 saturated carbocycles. The van der Waals surface area contributed by atoms with Crippen LogP contribution in [0.25, 0.3) is 0 Å². The molecule has 2 aromatic rings. The molecule has 0 saturated heterocycles. The number of anilines is 2. The van der Waals surface area contributed by atoms with Crippen molar-refractivity contribution in [3.05, 3.63) is 36.7 Å². The highest BCUT2D eigenvalue weighted by Gasteiger charge is 1.99. The molecular weight excluding hydrogens is 292 g/mol. The quantitative estimate of drug-likeness (QED) is 0.656. The van der Waals surface area contributed by atoms with Gasteiger partial charge in [0, 0.05) is 12.6 Å². The third-order valence-electron chi connectivity index (χ3n) is 3.24. The van der Waals surface area contributed by atoms with Crippen LogP contribution in [-0.4, -0.2) is 36.8 Å². The average molecular weight is 316 g/mol. The van der Waals surface area contributed by atoms with Crippen LogP contribution in [-0.2, 0) is 0 Å². The Morgan fingerprint density at radius 2 is 1.61 bits per heavy atom. The Labute approximate surface area is 137 Å². The van der Waals surface area contributed by atoms with E-state index in [9.17, 15) is 0 Å². The molecule has 2 N–H and O–H groups in total. The maximum atomic E-state index is 5.66. The van der Waals surface area contributed by atoms with E-state index in [4.69, 9.17) is 9.47 Å². The summed E-state index contributed by atoms with van der Waals surface area (Å²) in [4.78, 5) is 8.40. The van der Waals surface area contributed by atoms with Gasteiger partial charge in [-0.2, -0.15) is 0 Å². The van der Waals surface area contributed by atoms with Gasteiger partial charge in [0.25, 0.3) is 0 Å². The van der Waals surface area contributed by atoms with E-state index in [0.29, 0.717) is 13.2 Å².